The lowest BCUT2D eigenvalue weighted by Crippen LogP contribution is -2.46. The molecule has 4 heteroatoms. The quantitative estimate of drug-likeness (QED) is 0.112. The van der Waals surface area contributed by atoms with E-state index in [-0.39, 0.29) is 11.0 Å². The van der Waals surface area contributed by atoms with Gasteiger partial charge in [-0.25, -0.2) is 4.98 Å². The molecule has 6 aromatic rings. The second-order valence-corrected chi connectivity index (χ2v) is 13.5. The lowest BCUT2D eigenvalue weighted by atomic mass is 9.76. The number of hydrogen-bond donors (Lipinski definition) is 0. The lowest BCUT2D eigenvalue weighted by Gasteiger charge is -2.37. The van der Waals surface area contributed by atoms with E-state index < -0.39 is 9.52 Å². The highest BCUT2D eigenvalue weighted by molar-refractivity contribution is 6.57. The Bertz CT molecular complexity index is 1540. The summed E-state index contributed by atoms with van der Waals surface area (Å²) in [5, 5.41) is 1.26. The van der Waals surface area contributed by atoms with Crippen molar-refractivity contribution < 1.29 is 0 Å². The Morgan fingerprint density at radius 1 is 0.659 bits per heavy atom. The van der Waals surface area contributed by atoms with Crippen molar-refractivity contribution >= 4 is 22.6 Å². The van der Waals surface area contributed by atoms with Gasteiger partial charge in [-0.15, -0.1) is 0 Å². The van der Waals surface area contributed by atoms with Crippen molar-refractivity contribution in [1.82, 2.24) is 9.55 Å². The third-order valence-electron chi connectivity index (χ3n) is 8.32. The molecule has 0 saturated heterocycles. The average molecular weight is 589 g/mol. The molecule has 0 aliphatic carbocycles. The van der Waals surface area contributed by atoms with Crippen LogP contribution in [0, 0.1) is 0 Å². The van der Waals surface area contributed by atoms with Crippen molar-refractivity contribution in [2.24, 2.45) is 0 Å². The molecule has 0 aliphatic rings. The Morgan fingerprint density at radius 2 is 1.16 bits per heavy atom. The van der Waals surface area contributed by atoms with Crippen LogP contribution in [0.1, 0.15) is 59.8 Å². The zero-order chi connectivity index (χ0) is 30.5. The summed E-state index contributed by atoms with van der Waals surface area (Å²) in [4.78, 5) is 4.42. The van der Waals surface area contributed by atoms with E-state index in [1.54, 1.807) is 0 Å². The van der Waals surface area contributed by atoms with Crippen LogP contribution in [-0.4, -0.2) is 26.9 Å². The van der Waals surface area contributed by atoms with Crippen LogP contribution in [0.25, 0.3) is 0 Å². The summed E-state index contributed by atoms with van der Waals surface area (Å²) in [5.74, 6) is -0.0163. The van der Waals surface area contributed by atoms with E-state index in [9.17, 15) is 0 Å². The second-order valence-electron chi connectivity index (χ2n) is 11.3. The fourth-order valence-electron chi connectivity index (χ4n) is 5.88. The van der Waals surface area contributed by atoms with Gasteiger partial charge in [0.2, 0.25) is 0 Å². The van der Waals surface area contributed by atoms with E-state index in [2.05, 4.69) is 132 Å². The van der Waals surface area contributed by atoms with Gasteiger partial charge in [0.1, 0.15) is 0 Å². The summed E-state index contributed by atoms with van der Waals surface area (Å²) in [6, 6.07) is 51.5. The van der Waals surface area contributed by atoms with E-state index in [0.717, 1.165) is 11.1 Å². The summed E-state index contributed by atoms with van der Waals surface area (Å²) in [7, 11) is 5.33. The predicted octanol–water partition coefficient (Wildman–Crippen LogP) is 7.80. The maximum absolute atomic E-state index is 6.12. The van der Waals surface area contributed by atoms with Crippen LogP contribution in [0.3, 0.4) is 0 Å². The highest BCUT2D eigenvalue weighted by atomic mass is 28.2. The van der Waals surface area contributed by atoms with Crippen molar-refractivity contribution in [3.63, 3.8) is 0 Å². The van der Waals surface area contributed by atoms with Gasteiger partial charge >= 0.3 is 0 Å². The second kappa shape index (κ2) is 15.9. The molecule has 0 aliphatic heterocycles. The first kappa shape index (κ1) is 31.0. The van der Waals surface area contributed by atoms with Gasteiger partial charge in [-0.2, -0.15) is 0 Å². The summed E-state index contributed by atoms with van der Waals surface area (Å²) in [6.07, 6.45) is 11.0. The number of imidazole rings is 1. The van der Waals surface area contributed by atoms with Crippen molar-refractivity contribution in [3.8, 4) is 0 Å². The Kier molecular flexibility index (Phi) is 11.2. The minimum atomic E-state index is -0.786. The summed E-state index contributed by atoms with van der Waals surface area (Å²) in [6.45, 7) is 2.26. The Labute approximate surface area is 267 Å². The Hall–Kier alpha value is -4.41. The average Bonchev–Trinajstić information content (AvgIpc) is 3.65. The van der Waals surface area contributed by atoms with Gasteiger partial charge < -0.3 is 4.57 Å². The number of rotatable bonds is 11. The van der Waals surface area contributed by atoms with Gasteiger partial charge in [-0.3, -0.25) is 0 Å². The lowest BCUT2D eigenvalue weighted by molar-refractivity contribution is 0.596. The number of hydrogen-bond acceptors (Lipinski definition) is 1. The zero-order valence-electron chi connectivity index (χ0n) is 25.7. The molecule has 44 heavy (non-hydrogen) atoms. The first-order valence-corrected chi connectivity index (χ1v) is 17.1. The maximum atomic E-state index is 6.12. The number of nitrogens with zero attached hydrogens (tertiary/aromatic N) is 2. The van der Waals surface area contributed by atoms with Crippen LogP contribution in [0.15, 0.2) is 164 Å². The van der Waals surface area contributed by atoms with Crippen LogP contribution < -0.4 is 5.19 Å². The third kappa shape index (κ3) is 7.75. The van der Waals surface area contributed by atoms with E-state index in [0.29, 0.717) is 0 Å². The highest BCUT2D eigenvalue weighted by Gasteiger charge is 2.36. The SMILES string of the molecule is CCCCCc1ccc([SiH2]C(c2ccccc2)(c2ccccc2)n2ccnc2)cc1.[B]C(c1ccccc1)c1ccccc1. The minimum absolute atomic E-state index is 0.0163. The number of aromatic nitrogens is 2. The maximum Gasteiger partial charge on any atom is 0.0965 e. The van der Waals surface area contributed by atoms with E-state index >= 15 is 0 Å². The molecule has 2 nitrogen and oxygen atoms in total. The van der Waals surface area contributed by atoms with Crippen molar-refractivity contribution in [1.29, 1.82) is 0 Å². The Morgan fingerprint density at radius 3 is 1.61 bits per heavy atom. The van der Waals surface area contributed by atoms with Gasteiger partial charge in [-0.1, -0.05) is 171 Å². The van der Waals surface area contributed by atoms with Crippen LogP contribution in [0.4, 0.5) is 0 Å². The van der Waals surface area contributed by atoms with Gasteiger partial charge in [0.05, 0.1) is 28.9 Å². The van der Waals surface area contributed by atoms with Crippen LogP contribution >= 0.6 is 0 Å². The van der Waals surface area contributed by atoms with Crippen molar-refractivity contribution in [2.75, 3.05) is 0 Å². The van der Waals surface area contributed by atoms with Gasteiger partial charge in [0.15, 0.2) is 0 Å². The third-order valence-corrected chi connectivity index (χ3v) is 10.9. The van der Waals surface area contributed by atoms with E-state index in [1.807, 2.05) is 48.9 Å². The van der Waals surface area contributed by atoms with Gasteiger partial charge in [0.25, 0.3) is 0 Å². The van der Waals surface area contributed by atoms with E-state index in [1.165, 1.54) is 47.6 Å². The normalized spacial score (nSPS) is 11.4. The molecule has 218 valence electrons. The highest BCUT2D eigenvalue weighted by Crippen LogP contribution is 2.33. The van der Waals surface area contributed by atoms with Crippen LogP contribution in [-0.2, 0) is 11.6 Å². The predicted molar refractivity (Wildman–Crippen MR) is 190 cm³/mol. The van der Waals surface area contributed by atoms with Crippen molar-refractivity contribution in [3.05, 3.63) is 192 Å². The zero-order valence-corrected chi connectivity index (χ0v) is 27.1. The topological polar surface area (TPSA) is 17.8 Å². The Balaban J connectivity index is 0.000000229. The molecule has 6 rings (SSSR count). The summed E-state index contributed by atoms with van der Waals surface area (Å²) >= 11 is 0. The number of benzene rings is 5. The molecule has 0 bridgehead atoms. The molecule has 0 N–H and O–H groups in total. The largest absolute Gasteiger partial charge is 0.326 e. The summed E-state index contributed by atoms with van der Waals surface area (Å²) in [5.41, 5.74) is 6.41. The number of unbranched alkanes of at least 4 members (excludes halogenated alkanes) is 2. The fourth-order valence-corrected chi connectivity index (χ4v) is 8.20. The molecular weight excluding hydrogens is 547 g/mol. The smallest absolute Gasteiger partial charge is 0.0965 e. The molecule has 5 aromatic carbocycles. The fraction of sp³-hybridized carbons (Fsp3) is 0.175. The van der Waals surface area contributed by atoms with E-state index in [4.69, 9.17) is 7.85 Å². The molecule has 0 amide bonds. The molecule has 0 saturated carbocycles. The standard InChI is InChI=1S/C27H30N2Si.C13H11B/c1-2-3-6-11-23-16-18-26(19-17-23)30-27(29-21-20-28-22-29,24-12-7-4-8-13-24)25-14-9-5-10-15-25;14-13(11-7-3-1-4-8-11)12-9-5-2-6-10-12/h4-5,7-10,12-22H,2-3,6,11,30H2,1H3;1-10,13H. The summed E-state index contributed by atoms with van der Waals surface area (Å²) < 4.78 is 2.32. The molecule has 2 radical (unpaired) electrons. The van der Waals surface area contributed by atoms with Crippen LogP contribution in [0.2, 0.25) is 0 Å². The molecule has 0 spiro atoms. The first-order valence-electron chi connectivity index (χ1n) is 15.7. The van der Waals surface area contributed by atoms with Gasteiger partial charge in [-0.05, 0) is 46.5 Å². The number of aryl methyl sites for hydroxylation is 1. The molecule has 1 heterocycles. The molecule has 0 unspecified atom stereocenters. The molecule has 0 atom stereocenters. The molecule has 1 aromatic heterocycles. The monoisotopic (exact) mass is 588 g/mol. The molecular formula is C40H41BN2Si. The first-order chi connectivity index (χ1) is 21.7. The minimum Gasteiger partial charge on any atom is -0.326 e. The van der Waals surface area contributed by atoms with Gasteiger partial charge in [0, 0.05) is 12.4 Å². The van der Waals surface area contributed by atoms with Crippen LogP contribution in [0.5, 0.6) is 0 Å². The molecule has 0 fully saturated rings. The van der Waals surface area contributed by atoms with Crippen molar-refractivity contribution in [2.45, 2.75) is 43.6 Å².